The van der Waals surface area contributed by atoms with Crippen LogP contribution in [-0.2, 0) is 28.4 Å². The zero-order valence-corrected chi connectivity index (χ0v) is 19.8. The zero-order chi connectivity index (χ0) is 23.5. The van der Waals surface area contributed by atoms with Crippen LogP contribution in [0.1, 0.15) is 17.0 Å². The van der Waals surface area contributed by atoms with Crippen LogP contribution in [0.25, 0.3) is 0 Å². The first-order valence-electron chi connectivity index (χ1n) is 9.65. The SMILES string of the molecule is Cc1cc(C)cc(NC(=O)CSc2nnc(CN(c3ccc(F)cc3)S(C)(=O)=O)n2C)c1. The number of aryl methyl sites for hydroxylation is 2. The van der Waals surface area contributed by atoms with Crippen molar-refractivity contribution < 1.29 is 17.6 Å². The van der Waals surface area contributed by atoms with Gasteiger partial charge >= 0.3 is 0 Å². The third kappa shape index (κ3) is 6.07. The Balaban J connectivity index is 1.68. The maximum atomic E-state index is 13.2. The first-order valence-corrected chi connectivity index (χ1v) is 12.5. The van der Waals surface area contributed by atoms with Crippen LogP contribution in [0.4, 0.5) is 15.8 Å². The Kier molecular flexibility index (Phi) is 7.19. The van der Waals surface area contributed by atoms with E-state index in [0.29, 0.717) is 16.7 Å². The van der Waals surface area contributed by atoms with E-state index < -0.39 is 15.8 Å². The number of sulfonamides is 1. The predicted octanol–water partition coefficient (Wildman–Crippen LogP) is 3.27. The molecule has 0 aliphatic carbocycles. The molecule has 0 unspecified atom stereocenters. The summed E-state index contributed by atoms with van der Waals surface area (Å²) in [5, 5.41) is 11.5. The molecule has 1 amide bonds. The van der Waals surface area contributed by atoms with Gasteiger partial charge in [0.05, 0.1) is 24.2 Å². The van der Waals surface area contributed by atoms with Gasteiger partial charge in [-0.05, 0) is 61.4 Å². The molecule has 2 aromatic carbocycles. The van der Waals surface area contributed by atoms with Crippen LogP contribution in [0, 0.1) is 19.7 Å². The number of carbonyl (C=O) groups is 1. The number of hydrogen-bond donors (Lipinski definition) is 1. The Morgan fingerprint density at radius 1 is 1.12 bits per heavy atom. The van der Waals surface area contributed by atoms with Crippen LogP contribution < -0.4 is 9.62 Å². The second kappa shape index (κ2) is 9.70. The highest BCUT2D eigenvalue weighted by Crippen LogP contribution is 2.23. The van der Waals surface area contributed by atoms with E-state index in [2.05, 4.69) is 15.5 Å². The van der Waals surface area contributed by atoms with E-state index in [1.54, 1.807) is 11.6 Å². The largest absolute Gasteiger partial charge is 0.325 e. The van der Waals surface area contributed by atoms with E-state index in [9.17, 15) is 17.6 Å². The van der Waals surface area contributed by atoms with Gasteiger partial charge in [0, 0.05) is 12.7 Å². The molecule has 1 N–H and O–H groups in total. The molecule has 0 aliphatic rings. The average Bonchev–Trinajstić information content (AvgIpc) is 3.03. The first kappa shape index (κ1) is 23.7. The number of halogens is 1. The Morgan fingerprint density at radius 2 is 1.75 bits per heavy atom. The average molecular weight is 478 g/mol. The van der Waals surface area contributed by atoms with Gasteiger partial charge in [0.2, 0.25) is 15.9 Å². The predicted molar refractivity (Wildman–Crippen MR) is 124 cm³/mol. The second-order valence-electron chi connectivity index (χ2n) is 7.42. The summed E-state index contributed by atoms with van der Waals surface area (Å²) in [4.78, 5) is 12.3. The highest BCUT2D eigenvalue weighted by Gasteiger charge is 2.22. The molecule has 0 bridgehead atoms. The fourth-order valence-electron chi connectivity index (χ4n) is 3.12. The summed E-state index contributed by atoms with van der Waals surface area (Å²) in [7, 11) is -1.95. The molecule has 11 heteroatoms. The second-order valence-corrected chi connectivity index (χ2v) is 10.3. The van der Waals surface area contributed by atoms with E-state index in [0.717, 1.165) is 27.4 Å². The molecule has 0 fully saturated rings. The van der Waals surface area contributed by atoms with Gasteiger partial charge in [-0.25, -0.2) is 12.8 Å². The standard InChI is InChI=1S/C21H24FN5O3S2/c1-14-9-15(2)11-17(10-14)23-20(28)13-31-21-25-24-19(26(21)3)12-27(32(4,29)30)18-7-5-16(22)6-8-18/h5-11H,12-13H2,1-4H3,(H,23,28). The molecule has 0 spiro atoms. The van der Waals surface area contributed by atoms with Crippen molar-refractivity contribution in [2.24, 2.45) is 7.05 Å². The minimum Gasteiger partial charge on any atom is -0.325 e. The van der Waals surface area contributed by atoms with Crippen molar-refractivity contribution in [2.45, 2.75) is 25.5 Å². The lowest BCUT2D eigenvalue weighted by Gasteiger charge is -2.21. The minimum absolute atomic E-state index is 0.0801. The van der Waals surface area contributed by atoms with Gasteiger partial charge in [-0.15, -0.1) is 10.2 Å². The van der Waals surface area contributed by atoms with Crippen LogP contribution in [0.2, 0.25) is 0 Å². The number of benzene rings is 2. The first-order chi connectivity index (χ1) is 15.0. The Labute approximate surface area is 190 Å². The molecule has 1 aromatic heterocycles. The number of nitrogens with one attached hydrogen (secondary N) is 1. The number of anilines is 2. The maximum Gasteiger partial charge on any atom is 0.234 e. The third-order valence-corrected chi connectivity index (χ3v) is 6.72. The van der Waals surface area contributed by atoms with Crippen LogP contribution in [-0.4, -0.2) is 41.1 Å². The summed E-state index contributed by atoms with van der Waals surface area (Å²) in [6.45, 7) is 3.84. The lowest BCUT2D eigenvalue weighted by atomic mass is 10.1. The van der Waals surface area contributed by atoms with Crippen molar-refractivity contribution >= 4 is 39.1 Å². The number of amides is 1. The van der Waals surface area contributed by atoms with Crippen LogP contribution >= 0.6 is 11.8 Å². The van der Waals surface area contributed by atoms with Gasteiger partial charge < -0.3 is 9.88 Å². The van der Waals surface area contributed by atoms with Gasteiger partial charge in [0.15, 0.2) is 11.0 Å². The van der Waals surface area contributed by atoms with Gasteiger partial charge in [0.1, 0.15) is 5.82 Å². The summed E-state index contributed by atoms with van der Waals surface area (Å²) in [6, 6.07) is 11.0. The number of rotatable bonds is 8. The zero-order valence-electron chi connectivity index (χ0n) is 18.2. The van der Waals surface area contributed by atoms with E-state index in [-0.39, 0.29) is 18.2 Å². The molecule has 0 radical (unpaired) electrons. The number of thioether (sulfide) groups is 1. The summed E-state index contributed by atoms with van der Waals surface area (Å²) >= 11 is 1.20. The molecular weight excluding hydrogens is 453 g/mol. The Morgan fingerprint density at radius 3 is 2.34 bits per heavy atom. The highest BCUT2D eigenvalue weighted by molar-refractivity contribution is 7.99. The number of hydrogen-bond acceptors (Lipinski definition) is 6. The fourth-order valence-corrected chi connectivity index (χ4v) is 4.70. The van der Waals surface area contributed by atoms with E-state index in [1.165, 1.54) is 36.0 Å². The van der Waals surface area contributed by atoms with Crippen molar-refractivity contribution in [1.29, 1.82) is 0 Å². The minimum atomic E-state index is -3.65. The van der Waals surface area contributed by atoms with E-state index in [1.807, 2.05) is 32.0 Å². The molecule has 3 rings (SSSR count). The summed E-state index contributed by atoms with van der Waals surface area (Å²) in [5.41, 5.74) is 3.17. The number of aromatic nitrogens is 3. The van der Waals surface area contributed by atoms with Crippen LogP contribution in [0.5, 0.6) is 0 Å². The Bertz CT molecular complexity index is 1210. The lowest BCUT2D eigenvalue weighted by Crippen LogP contribution is -2.30. The number of nitrogens with zero attached hydrogens (tertiary/aromatic N) is 4. The summed E-state index contributed by atoms with van der Waals surface area (Å²) in [6.07, 6.45) is 1.07. The third-order valence-electron chi connectivity index (χ3n) is 4.56. The van der Waals surface area contributed by atoms with Crippen LogP contribution in [0.3, 0.4) is 0 Å². The lowest BCUT2D eigenvalue weighted by molar-refractivity contribution is -0.113. The molecule has 0 saturated heterocycles. The van der Waals surface area contributed by atoms with Crippen molar-refractivity contribution in [1.82, 2.24) is 14.8 Å². The van der Waals surface area contributed by atoms with E-state index in [4.69, 9.17) is 0 Å². The molecule has 32 heavy (non-hydrogen) atoms. The molecule has 0 aliphatic heterocycles. The molecule has 0 saturated carbocycles. The maximum absolute atomic E-state index is 13.2. The summed E-state index contributed by atoms with van der Waals surface area (Å²) in [5.74, 6) is -0.142. The number of carbonyl (C=O) groups excluding carboxylic acids is 1. The van der Waals surface area contributed by atoms with Crippen LogP contribution in [0.15, 0.2) is 47.6 Å². The van der Waals surface area contributed by atoms with Crippen molar-refractivity contribution in [3.63, 3.8) is 0 Å². The molecule has 170 valence electrons. The van der Waals surface area contributed by atoms with Gasteiger partial charge in [-0.1, -0.05) is 17.8 Å². The van der Waals surface area contributed by atoms with Gasteiger partial charge in [0.25, 0.3) is 0 Å². The van der Waals surface area contributed by atoms with Crippen molar-refractivity contribution in [3.8, 4) is 0 Å². The van der Waals surface area contributed by atoms with Gasteiger partial charge in [-0.3, -0.25) is 9.10 Å². The van der Waals surface area contributed by atoms with E-state index >= 15 is 0 Å². The normalized spacial score (nSPS) is 11.4. The van der Waals surface area contributed by atoms with Crippen molar-refractivity contribution in [3.05, 3.63) is 65.2 Å². The fraction of sp³-hybridized carbons (Fsp3) is 0.286. The van der Waals surface area contributed by atoms with Crippen molar-refractivity contribution in [2.75, 3.05) is 21.6 Å². The highest BCUT2D eigenvalue weighted by atomic mass is 32.2. The molecule has 3 aromatic rings. The van der Waals surface area contributed by atoms with Gasteiger partial charge in [-0.2, -0.15) is 0 Å². The summed E-state index contributed by atoms with van der Waals surface area (Å²) < 4.78 is 40.6. The molecular formula is C21H24FN5O3S2. The quantitative estimate of drug-likeness (QED) is 0.500. The molecule has 1 heterocycles. The monoisotopic (exact) mass is 477 g/mol. The Hall–Kier alpha value is -2.92. The smallest absolute Gasteiger partial charge is 0.234 e. The molecule has 0 atom stereocenters. The topological polar surface area (TPSA) is 97.2 Å². The molecule has 8 nitrogen and oxygen atoms in total.